The number of benzene rings is 1. The zero-order valence-corrected chi connectivity index (χ0v) is 17.1. The lowest BCUT2D eigenvalue weighted by atomic mass is 9.64. The van der Waals surface area contributed by atoms with Gasteiger partial charge in [-0.05, 0) is 56.2 Å². The van der Waals surface area contributed by atoms with Crippen LogP contribution in [0.25, 0.3) is 0 Å². The summed E-state index contributed by atoms with van der Waals surface area (Å²) in [5.41, 5.74) is 3.06. The SMILES string of the molecule is COC(=O)N1c2ccccc2[C@]23CCN[C@]12CC=C(CO[Si](C)(C)C)C3. The molecule has 4 rings (SSSR count). The number of anilines is 1. The van der Waals surface area contributed by atoms with Gasteiger partial charge in [-0.2, -0.15) is 0 Å². The molecule has 1 fully saturated rings. The van der Waals surface area contributed by atoms with Crippen LogP contribution in [0.1, 0.15) is 24.8 Å². The second kappa shape index (κ2) is 5.94. The Bertz CT molecular complexity index is 773. The molecule has 1 aliphatic carbocycles. The highest BCUT2D eigenvalue weighted by Gasteiger charge is 2.66. The van der Waals surface area contributed by atoms with Crippen LogP contribution in [-0.2, 0) is 14.6 Å². The van der Waals surface area contributed by atoms with Crippen LogP contribution in [0.4, 0.5) is 10.5 Å². The van der Waals surface area contributed by atoms with Crippen molar-refractivity contribution in [1.29, 1.82) is 0 Å². The zero-order chi connectivity index (χ0) is 18.6. The van der Waals surface area contributed by atoms with Crippen LogP contribution in [0.3, 0.4) is 0 Å². The Morgan fingerprint density at radius 3 is 2.81 bits per heavy atom. The molecule has 0 saturated carbocycles. The number of nitrogens with one attached hydrogen (secondary N) is 1. The van der Waals surface area contributed by atoms with Crippen molar-refractivity contribution in [3.8, 4) is 0 Å². The van der Waals surface area contributed by atoms with Gasteiger partial charge in [0.25, 0.3) is 0 Å². The van der Waals surface area contributed by atoms with E-state index >= 15 is 0 Å². The minimum absolute atomic E-state index is 0.106. The molecule has 0 spiro atoms. The lowest BCUT2D eigenvalue weighted by molar-refractivity contribution is 0.152. The molecule has 1 aromatic rings. The van der Waals surface area contributed by atoms with Gasteiger partial charge in [-0.1, -0.05) is 24.3 Å². The third-order valence-electron chi connectivity index (χ3n) is 6.07. The lowest BCUT2D eigenvalue weighted by Crippen LogP contribution is -2.64. The van der Waals surface area contributed by atoms with Crippen molar-refractivity contribution in [2.75, 3.05) is 25.2 Å². The predicted molar refractivity (Wildman–Crippen MR) is 105 cm³/mol. The van der Waals surface area contributed by atoms with E-state index in [1.165, 1.54) is 18.2 Å². The first-order chi connectivity index (χ1) is 12.3. The minimum Gasteiger partial charge on any atom is -0.452 e. The first-order valence-electron chi connectivity index (χ1n) is 9.38. The van der Waals surface area contributed by atoms with Gasteiger partial charge in [0.1, 0.15) is 5.66 Å². The van der Waals surface area contributed by atoms with Crippen LogP contribution in [-0.4, -0.2) is 40.3 Å². The van der Waals surface area contributed by atoms with Crippen LogP contribution in [0.5, 0.6) is 0 Å². The maximum absolute atomic E-state index is 12.7. The van der Waals surface area contributed by atoms with Gasteiger partial charge in [-0.15, -0.1) is 0 Å². The highest BCUT2D eigenvalue weighted by atomic mass is 28.4. The number of rotatable bonds is 3. The summed E-state index contributed by atoms with van der Waals surface area (Å²) in [4.78, 5) is 14.6. The number of fused-ring (bicyclic) bond motifs is 1. The van der Waals surface area contributed by atoms with Gasteiger partial charge in [0.2, 0.25) is 0 Å². The molecular formula is C20H28N2O3Si. The molecule has 2 aliphatic heterocycles. The molecule has 0 bridgehead atoms. The van der Waals surface area contributed by atoms with E-state index in [4.69, 9.17) is 9.16 Å². The van der Waals surface area contributed by atoms with Gasteiger partial charge >= 0.3 is 6.09 Å². The predicted octanol–water partition coefficient (Wildman–Crippen LogP) is 3.77. The normalized spacial score (nSPS) is 29.7. The number of nitrogens with zero attached hydrogens (tertiary/aromatic N) is 1. The zero-order valence-electron chi connectivity index (χ0n) is 16.1. The fraction of sp³-hybridized carbons (Fsp3) is 0.550. The first-order valence-corrected chi connectivity index (χ1v) is 12.8. The van der Waals surface area contributed by atoms with Crippen LogP contribution in [0.2, 0.25) is 19.6 Å². The summed E-state index contributed by atoms with van der Waals surface area (Å²) in [6.45, 7) is 8.27. The van der Waals surface area contributed by atoms with Crippen LogP contribution >= 0.6 is 0 Å². The maximum atomic E-state index is 12.7. The summed E-state index contributed by atoms with van der Waals surface area (Å²) in [7, 11) is -0.101. The van der Waals surface area contributed by atoms with E-state index in [9.17, 15) is 4.79 Å². The van der Waals surface area contributed by atoms with E-state index in [0.717, 1.165) is 31.5 Å². The number of ether oxygens (including phenoxy) is 1. The molecule has 140 valence electrons. The van der Waals surface area contributed by atoms with Gasteiger partial charge in [-0.25, -0.2) is 4.79 Å². The van der Waals surface area contributed by atoms with E-state index in [-0.39, 0.29) is 11.5 Å². The van der Waals surface area contributed by atoms with Gasteiger partial charge in [-0.3, -0.25) is 10.2 Å². The number of hydrogen-bond acceptors (Lipinski definition) is 4. The summed E-state index contributed by atoms with van der Waals surface area (Å²) >= 11 is 0. The van der Waals surface area contributed by atoms with E-state index in [2.05, 4.69) is 43.2 Å². The number of carbonyl (C=O) groups is 1. The number of hydrogen-bond donors (Lipinski definition) is 1. The second-order valence-corrected chi connectivity index (χ2v) is 13.1. The van der Waals surface area contributed by atoms with Crippen molar-refractivity contribution in [1.82, 2.24) is 5.32 Å². The summed E-state index contributed by atoms with van der Waals surface area (Å²) in [6, 6.07) is 8.30. The average molecular weight is 373 g/mol. The number of para-hydroxylation sites is 1. The van der Waals surface area contributed by atoms with Crippen molar-refractivity contribution in [2.24, 2.45) is 0 Å². The van der Waals surface area contributed by atoms with E-state index in [1.807, 2.05) is 17.0 Å². The maximum Gasteiger partial charge on any atom is 0.415 e. The van der Waals surface area contributed by atoms with Crippen molar-refractivity contribution in [2.45, 2.75) is 50.0 Å². The summed E-state index contributed by atoms with van der Waals surface area (Å²) in [5.74, 6) is 0. The monoisotopic (exact) mass is 372 g/mol. The van der Waals surface area contributed by atoms with Gasteiger partial charge in [0, 0.05) is 11.8 Å². The molecule has 3 aliphatic rings. The van der Waals surface area contributed by atoms with E-state index in [1.54, 1.807) is 0 Å². The summed E-state index contributed by atoms with van der Waals surface area (Å²) in [5, 5.41) is 3.68. The molecule has 1 saturated heterocycles. The van der Waals surface area contributed by atoms with E-state index < -0.39 is 14.0 Å². The van der Waals surface area contributed by atoms with Gasteiger partial charge in [0.05, 0.1) is 19.4 Å². The highest BCUT2D eigenvalue weighted by molar-refractivity contribution is 6.69. The third-order valence-corrected chi connectivity index (χ3v) is 7.08. The van der Waals surface area contributed by atoms with Crippen molar-refractivity contribution in [3.63, 3.8) is 0 Å². The molecule has 1 amide bonds. The lowest BCUT2D eigenvalue weighted by Gasteiger charge is -2.47. The second-order valence-electron chi connectivity index (χ2n) is 8.59. The van der Waals surface area contributed by atoms with Gasteiger partial charge in [0.15, 0.2) is 8.32 Å². The summed E-state index contributed by atoms with van der Waals surface area (Å²) in [6.07, 6.45) is 4.71. The highest BCUT2D eigenvalue weighted by Crippen LogP contribution is 2.61. The molecule has 0 radical (unpaired) electrons. The topological polar surface area (TPSA) is 50.8 Å². The largest absolute Gasteiger partial charge is 0.452 e. The quantitative estimate of drug-likeness (QED) is 0.648. The Balaban J connectivity index is 1.77. The van der Waals surface area contributed by atoms with Gasteiger partial charge < -0.3 is 9.16 Å². The molecule has 26 heavy (non-hydrogen) atoms. The summed E-state index contributed by atoms with van der Waals surface area (Å²) < 4.78 is 11.4. The Morgan fingerprint density at radius 1 is 1.31 bits per heavy atom. The van der Waals surface area contributed by atoms with E-state index in [0.29, 0.717) is 6.61 Å². The average Bonchev–Trinajstić information content (AvgIpc) is 3.09. The Morgan fingerprint density at radius 2 is 2.08 bits per heavy atom. The molecule has 1 aromatic carbocycles. The molecular weight excluding hydrogens is 344 g/mol. The molecule has 2 heterocycles. The standard InChI is InChI=1S/C20H28N2O3Si/c1-24-18(23)22-17-8-6-5-7-16(17)19-11-12-21-20(19,22)10-9-15(13-19)14-25-26(2,3)4/h5-9,21H,10-14H2,1-4H3/t19-,20-/m1/s1. The molecule has 0 unspecified atom stereocenters. The Kier molecular flexibility index (Phi) is 4.06. The van der Waals surface area contributed by atoms with Crippen LogP contribution in [0.15, 0.2) is 35.9 Å². The minimum atomic E-state index is -1.56. The van der Waals surface area contributed by atoms with Crippen LogP contribution in [0, 0.1) is 0 Å². The van der Waals surface area contributed by atoms with Crippen LogP contribution < -0.4 is 10.2 Å². The molecule has 5 nitrogen and oxygen atoms in total. The molecule has 1 N–H and O–H groups in total. The number of amides is 1. The molecule has 2 atom stereocenters. The smallest absolute Gasteiger partial charge is 0.415 e. The fourth-order valence-electron chi connectivity index (χ4n) is 4.99. The number of carbonyl (C=O) groups excluding carboxylic acids is 1. The molecule has 6 heteroatoms. The first kappa shape index (κ1) is 17.8. The Labute approximate surface area is 156 Å². The molecule has 0 aromatic heterocycles. The van der Waals surface area contributed by atoms with Crippen molar-refractivity contribution >= 4 is 20.1 Å². The third kappa shape index (κ3) is 2.39. The fourth-order valence-corrected chi connectivity index (χ4v) is 5.61. The number of methoxy groups -OCH3 is 1. The van der Waals surface area contributed by atoms with Crippen molar-refractivity contribution in [3.05, 3.63) is 41.5 Å². The Hall–Kier alpha value is -1.63. The van der Waals surface area contributed by atoms with Crippen molar-refractivity contribution < 1.29 is 14.0 Å².